The van der Waals surface area contributed by atoms with Gasteiger partial charge in [-0.3, -0.25) is 4.79 Å². The molecule has 0 spiro atoms. The molecule has 0 aliphatic rings. The highest BCUT2D eigenvalue weighted by Gasteiger charge is 2.06. The number of rotatable bonds is 7. The monoisotopic (exact) mass is 284 g/mol. The molecule has 0 aliphatic heterocycles. The van der Waals surface area contributed by atoms with Gasteiger partial charge in [-0.15, -0.1) is 0 Å². The molecule has 1 rings (SSSR count). The third kappa shape index (κ3) is 5.94. The maximum Gasteiger partial charge on any atom is 0.223 e. The van der Waals surface area contributed by atoms with Gasteiger partial charge in [-0.05, 0) is 38.0 Å². The Labute approximate surface area is 119 Å². The summed E-state index contributed by atoms with van der Waals surface area (Å²) in [5, 5.41) is 3.26. The summed E-state index contributed by atoms with van der Waals surface area (Å²) in [4.78, 5) is 11.3. The fraction of sp³-hybridized carbons (Fsp3) is 0.500. The minimum absolute atomic E-state index is 0.0211. The molecule has 0 aliphatic carbocycles. The molecular weight excluding hydrogens is 264 g/mol. The van der Waals surface area contributed by atoms with Crippen LogP contribution in [0.5, 0.6) is 5.75 Å². The van der Waals surface area contributed by atoms with E-state index < -0.39 is 0 Å². The fourth-order valence-corrected chi connectivity index (χ4v) is 1.96. The minimum atomic E-state index is -0.0211. The molecule has 1 unspecified atom stereocenters. The molecule has 0 radical (unpaired) electrons. The molecule has 0 heterocycles. The van der Waals surface area contributed by atoms with Gasteiger partial charge in [0, 0.05) is 12.6 Å². The van der Waals surface area contributed by atoms with Crippen molar-refractivity contribution >= 4 is 17.5 Å². The average molecular weight is 285 g/mol. The van der Waals surface area contributed by atoms with Crippen LogP contribution in [0.1, 0.15) is 25.8 Å². The molecule has 1 amide bonds. The van der Waals surface area contributed by atoms with Crippen LogP contribution in [0, 0.1) is 0 Å². The number of hydrogen-bond acceptors (Lipinski definition) is 3. The highest BCUT2D eigenvalue weighted by Crippen LogP contribution is 2.26. The summed E-state index contributed by atoms with van der Waals surface area (Å²) in [6.45, 7) is 4.78. The van der Waals surface area contributed by atoms with Gasteiger partial charge in [0.25, 0.3) is 0 Å². The Balaban J connectivity index is 2.48. The molecule has 0 aromatic heterocycles. The van der Waals surface area contributed by atoms with Gasteiger partial charge in [0.1, 0.15) is 5.75 Å². The van der Waals surface area contributed by atoms with E-state index in [0.717, 1.165) is 12.0 Å². The smallest absolute Gasteiger partial charge is 0.223 e. The van der Waals surface area contributed by atoms with Crippen LogP contribution in [0.4, 0.5) is 0 Å². The summed E-state index contributed by atoms with van der Waals surface area (Å²) in [6.07, 6.45) is 1.10. The van der Waals surface area contributed by atoms with Crippen molar-refractivity contribution in [3.8, 4) is 5.75 Å². The first-order valence-electron chi connectivity index (χ1n) is 6.46. The van der Waals surface area contributed by atoms with E-state index >= 15 is 0 Å². The number of nitrogens with one attached hydrogen (secondary N) is 1. The molecule has 0 saturated carbocycles. The van der Waals surface area contributed by atoms with E-state index in [-0.39, 0.29) is 11.9 Å². The highest BCUT2D eigenvalue weighted by atomic mass is 35.5. The van der Waals surface area contributed by atoms with E-state index in [1.165, 1.54) is 0 Å². The van der Waals surface area contributed by atoms with Crippen molar-refractivity contribution < 1.29 is 9.53 Å². The van der Waals surface area contributed by atoms with Crippen molar-refractivity contribution in [1.82, 2.24) is 5.32 Å². The fourth-order valence-electron chi connectivity index (χ4n) is 1.70. The molecule has 1 aromatic rings. The molecule has 0 bridgehead atoms. The molecule has 0 fully saturated rings. The zero-order valence-electron chi connectivity index (χ0n) is 11.4. The largest absolute Gasteiger partial charge is 0.491 e. The second kappa shape index (κ2) is 8.02. The lowest BCUT2D eigenvalue weighted by Crippen LogP contribution is -2.24. The third-order valence-electron chi connectivity index (χ3n) is 2.51. The highest BCUT2D eigenvalue weighted by molar-refractivity contribution is 6.32. The molecular formula is C14H21ClN2O2. The average Bonchev–Trinajstić information content (AvgIpc) is 2.31. The Kier molecular flexibility index (Phi) is 6.67. The van der Waals surface area contributed by atoms with Gasteiger partial charge in [0.15, 0.2) is 0 Å². The lowest BCUT2D eigenvalue weighted by molar-refractivity contribution is -0.121. The molecule has 19 heavy (non-hydrogen) atoms. The van der Waals surface area contributed by atoms with Crippen LogP contribution >= 0.6 is 11.6 Å². The quantitative estimate of drug-likeness (QED) is 0.806. The molecule has 4 nitrogen and oxygen atoms in total. The SMILES string of the molecule is CCNC(=O)CCOc1ccc(CC(C)N)cc1Cl. The lowest BCUT2D eigenvalue weighted by atomic mass is 10.1. The summed E-state index contributed by atoms with van der Waals surface area (Å²) in [5.41, 5.74) is 6.82. The zero-order chi connectivity index (χ0) is 14.3. The van der Waals surface area contributed by atoms with Crippen LogP contribution in [-0.4, -0.2) is 25.1 Å². The molecule has 0 saturated heterocycles. The van der Waals surface area contributed by atoms with Crippen LogP contribution in [0.2, 0.25) is 5.02 Å². The summed E-state index contributed by atoms with van der Waals surface area (Å²) in [5.74, 6) is 0.576. The predicted molar refractivity (Wildman–Crippen MR) is 77.6 cm³/mol. The third-order valence-corrected chi connectivity index (χ3v) is 2.81. The summed E-state index contributed by atoms with van der Waals surface area (Å²) in [7, 11) is 0. The van der Waals surface area contributed by atoms with Crippen molar-refractivity contribution in [2.75, 3.05) is 13.2 Å². The second-order valence-electron chi connectivity index (χ2n) is 4.50. The van der Waals surface area contributed by atoms with Gasteiger partial charge in [0.05, 0.1) is 18.1 Å². The molecule has 1 aromatic carbocycles. The van der Waals surface area contributed by atoms with Crippen LogP contribution in [-0.2, 0) is 11.2 Å². The maximum absolute atomic E-state index is 11.3. The number of amides is 1. The first-order chi connectivity index (χ1) is 9.02. The normalized spacial score (nSPS) is 12.0. The maximum atomic E-state index is 11.3. The number of benzene rings is 1. The Bertz CT molecular complexity index is 422. The number of ether oxygens (including phenoxy) is 1. The van der Waals surface area contributed by atoms with Gasteiger partial charge in [-0.25, -0.2) is 0 Å². The van der Waals surface area contributed by atoms with Crippen LogP contribution in [0.25, 0.3) is 0 Å². The molecule has 1 atom stereocenters. The predicted octanol–water partition coefficient (Wildman–Crippen LogP) is 2.13. The lowest BCUT2D eigenvalue weighted by Gasteiger charge is -2.10. The van der Waals surface area contributed by atoms with Crippen molar-refractivity contribution in [2.24, 2.45) is 5.73 Å². The van der Waals surface area contributed by atoms with Gasteiger partial charge < -0.3 is 15.8 Å². The van der Waals surface area contributed by atoms with Crippen molar-refractivity contribution in [2.45, 2.75) is 32.7 Å². The van der Waals surface area contributed by atoms with Crippen molar-refractivity contribution in [3.63, 3.8) is 0 Å². The second-order valence-corrected chi connectivity index (χ2v) is 4.91. The standard InChI is InChI=1S/C14H21ClN2O2/c1-3-17-14(18)6-7-19-13-5-4-11(8-10(2)16)9-12(13)15/h4-5,9-10H,3,6-8,16H2,1-2H3,(H,17,18). The number of hydrogen-bond donors (Lipinski definition) is 2. The Morgan fingerprint density at radius 3 is 2.84 bits per heavy atom. The van der Waals surface area contributed by atoms with E-state index in [4.69, 9.17) is 22.1 Å². The van der Waals surface area contributed by atoms with E-state index in [2.05, 4.69) is 5.32 Å². The van der Waals surface area contributed by atoms with Gasteiger partial charge in [-0.2, -0.15) is 0 Å². The molecule has 3 N–H and O–H groups in total. The van der Waals surface area contributed by atoms with Crippen molar-refractivity contribution in [1.29, 1.82) is 0 Å². The van der Waals surface area contributed by atoms with Crippen LogP contribution in [0.15, 0.2) is 18.2 Å². The summed E-state index contributed by atoms with van der Waals surface area (Å²) < 4.78 is 5.49. The Hall–Kier alpha value is -1.26. The van der Waals surface area contributed by atoms with Gasteiger partial charge in [-0.1, -0.05) is 17.7 Å². The van der Waals surface area contributed by atoms with E-state index in [1.807, 2.05) is 32.0 Å². The number of carbonyl (C=O) groups excluding carboxylic acids is 1. The first-order valence-corrected chi connectivity index (χ1v) is 6.84. The number of halogens is 1. The number of carbonyl (C=O) groups is 1. The van der Waals surface area contributed by atoms with Crippen molar-refractivity contribution in [3.05, 3.63) is 28.8 Å². The van der Waals surface area contributed by atoms with Crippen LogP contribution < -0.4 is 15.8 Å². The van der Waals surface area contributed by atoms with E-state index in [1.54, 1.807) is 0 Å². The Morgan fingerprint density at radius 2 is 2.26 bits per heavy atom. The van der Waals surface area contributed by atoms with Gasteiger partial charge in [0.2, 0.25) is 5.91 Å². The first kappa shape index (κ1) is 15.8. The topological polar surface area (TPSA) is 64.3 Å². The van der Waals surface area contributed by atoms with E-state index in [0.29, 0.717) is 30.3 Å². The number of nitrogens with two attached hydrogens (primary N) is 1. The van der Waals surface area contributed by atoms with Gasteiger partial charge >= 0.3 is 0 Å². The molecule has 106 valence electrons. The summed E-state index contributed by atoms with van der Waals surface area (Å²) >= 11 is 6.12. The zero-order valence-corrected chi connectivity index (χ0v) is 12.2. The van der Waals surface area contributed by atoms with E-state index in [9.17, 15) is 4.79 Å². The molecule has 5 heteroatoms. The Morgan fingerprint density at radius 1 is 1.53 bits per heavy atom. The minimum Gasteiger partial charge on any atom is -0.491 e. The van der Waals surface area contributed by atoms with Crippen LogP contribution in [0.3, 0.4) is 0 Å². The summed E-state index contributed by atoms with van der Waals surface area (Å²) in [6, 6.07) is 5.71.